The van der Waals surface area contributed by atoms with E-state index >= 15 is 0 Å². The molecule has 2 rings (SSSR count). The van der Waals surface area contributed by atoms with Crippen molar-refractivity contribution in [1.82, 2.24) is 29.7 Å². The van der Waals surface area contributed by atoms with Gasteiger partial charge in [0.2, 0.25) is 11.9 Å². The number of aliphatic hydroxyl groups excluding tert-OH is 1. The highest BCUT2D eigenvalue weighted by atomic mass is 16.3. The molecule has 21 heavy (non-hydrogen) atoms. The van der Waals surface area contributed by atoms with Gasteiger partial charge in [-0.2, -0.15) is 24.7 Å². The van der Waals surface area contributed by atoms with E-state index in [2.05, 4.69) is 30.4 Å². The SMILES string of the molecule is CCNc1nc(N(CC)CCCO)nc(-n2cncn2)n1. The molecule has 0 unspecified atom stereocenters. The molecule has 114 valence electrons. The van der Waals surface area contributed by atoms with Crippen LogP contribution in [0.3, 0.4) is 0 Å². The Labute approximate surface area is 123 Å². The molecule has 2 aromatic rings. The predicted octanol–water partition coefficient (Wildman–Crippen LogP) is 0.0928. The van der Waals surface area contributed by atoms with Crippen molar-refractivity contribution in [3.63, 3.8) is 0 Å². The molecule has 0 atom stereocenters. The average Bonchev–Trinajstić information content (AvgIpc) is 3.02. The van der Waals surface area contributed by atoms with Crippen LogP contribution < -0.4 is 10.2 Å². The second kappa shape index (κ2) is 7.48. The van der Waals surface area contributed by atoms with Crippen molar-refractivity contribution in [3.05, 3.63) is 12.7 Å². The first-order chi connectivity index (χ1) is 10.3. The molecule has 9 heteroatoms. The fourth-order valence-electron chi connectivity index (χ4n) is 1.81. The Kier molecular flexibility index (Phi) is 5.38. The van der Waals surface area contributed by atoms with Gasteiger partial charge in [0.05, 0.1) is 0 Å². The quantitative estimate of drug-likeness (QED) is 0.705. The van der Waals surface area contributed by atoms with Crippen LogP contribution in [0.15, 0.2) is 12.7 Å². The fourth-order valence-corrected chi connectivity index (χ4v) is 1.81. The lowest BCUT2D eigenvalue weighted by Gasteiger charge is -2.21. The number of aliphatic hydroxyl groups is 1. The van der Waals surface area contributed by atoms with Crippen LogP contribution in [0.4, 0.5) is 11.9 Å². The lowest BCUT2D eigenvalue weighted by Crippen LogP contribution is -2.28. The number of anilines is 2. The highest BCUT2D eigenvalue weighted by molar-refractivity contribution is 5.39. The molecule has 0 radical (unpaired) electrons. The van der Waals surface area contributed by atoms with Crippen LogP contribution >= 0.6 is 0 Å². The molecule has 0 spiro atoms. The summed E-state index contributed by atoms with van der Waals surface area (Å²) in [6, 6.07) is 0. The van der Waals surface area contributed by atoms with E-state index in [1.165, 1.54) is 11.0 Å². The zero-order valence-corrected chi connectivity index (χ0v) is 12.3. The standard InChI is InChI=1S/C12H20N8O/c1-3-14-10-16-11(19(4-2)6-5-7-21)18-12(17-10)20-9-13-8-15-20/h8-9,21H,3-7H2,1-2H3,(H,14,16,17,18). The van der Waals surface area contributed by atoms with Crippen LogP contribution in [0.1, 0.15) is 20.3 Å². The zero-order valence-electron chi connectivity index (χ0n) is 12.3. The molecule has 0 saturated carbocycles. The summed E-state index contributed by atoms with van der Waals surface area (Å²) in [5, 5.41) is 16.1. The molecule has 0 aliphatic heterocycles. The molecule has 0 aliphatic rings. The maximum absolute atomic E-state index is 8.99. The van der Waals surface area contributed by atoms with Crippen LogP contribution in [-0.2, 0) is 0 Å². The van der Waals surface area contributed by atoms with Crippen molar-refractivity contribution in [2.24, 2.45) is 0 Å². The summed E-state index contributed by atoms with van der Waals surface area (Å²) in [5.41, 5.74) is 0. The first-order valence-corrected chi connectivity index (χ1v) is 6.99. The molecule has 0 aromatic carbocycles. The minimum absolute atomic E-state index is 0.136. The Morgan fingerprint density at radius 1 is 1.29 bits per heavy atom. The summed E-state index contributed by atoms with van der Waals surface area (Å²) in [6.07, 6.45) is 3.63. The number of hydrogen-bond donors (Lipinski definition) is 2. The van der Waals surface area contributed by atoms with Gasteiger partial charge in [0.1, 0.15) is 12.7 Å². The molecular weight excluding hydrogens is 272 g/mol. The molecule has 2 heterocycles. The monoisotopic (exact) mass is 292 g/mol. The third-order valence-electron chi connectivity index (χ3n) is 2.82. The molecule has 2 aromatic heterocycles. The third-order valence-corrected chi connectivity index (χ3v) is 2.82. The van der Waals surface area contributed by atoms with Crippen LogP contribution in [0.25, 0.3) is 5.95 Å². The van der Waals surface area contributed by atoms with E-state index in [4.69, 9.17) is 5.11 Å². The Hall–Kier alpha value is -2.29. The first kappa shape index (κ1) is 15.1. The molecule has 2 N–H and O–H groups in total. The van der Waals surface area contributed by atoms with Crippen molar-refractivity contribution in [1.29, 1.82) is 0 Å². The summed E-state index contributed by atoms with van der Waals surface area (Å²) in [4.78, 5) is 19.0. The Morgan fingerprint density at radius 3 is 2.76 bits per heavy atom. The first-order valence-electron chi connectivity index (χ1n) is 6.99. The van der Waals surface area contributed by atoms with Gasteiger partial charge < -0.3 is 15.3 Å². The van der Waals surface area contributed by atoms with Gasteiger partial charge >= 0.3 is 0 Å². The highest BCUT2D eigenvalue weighted by Gasteiger charge is 2.13. The van der Waals surface area contributed by atoms with Crippen LogP contribution in [0.2, 0.25) is 0 Å². The van der Waals surface area contributed by atoms with Crippen LogP contribution in [0, 0.1) is 0 Å². The van der Waals surface area contributed by atoms with Gasteiger partial charge in [0, 0.05) is 26.2 Å². The predicted molar refractivity (Wildman–Crippen MR) is 78.5 cm³/mol. The fraction of sp³-hybridized carbons (Fsp3) is 0.583. The molecule has 9 nitrogen and oxygen atoms in total. The maximum Gasteiger partial charge on any atom is 0.258 e. The number of nitrogens with zero attached hydrogens (tertiary/aromatic N) is 7. The number of aromatic nitrogens is 6. The van der Waals surface area contributed by atoms with E-state index in [0.29, 0.717) is 37.4 Å². The summed E-state index contributed by atoms with van der Waals surface area (Å²) in [5.74, 6) is 1.47. The van der Waals surface area contributed by atoms with Gasteiger partial charge in [-0.15, -0.1) is 0 Å². The van der Waals surface area contributed by atoms with Crippen molar-refractivity contribution in [2.45, 2.75) is 20.3 Å². The van der Waals surface area contributed by atoms with Gasteiger partial charge in [-0.05, 0) is 20.3 Å². The number of nitrogens with one attached hydrogen (secondary N) is 1. The van der Waals surface area contributed by atoms with Crippen molar-refractivity contribution in [2.75, 3.05) is 36.5 Å². The van der Waals surface area contributed by atoms with Crippen molar-refractivity contribution < 1.29 is 5.11 Å². The molecular formula is C12H20N8O. The smallest absolute Gasteiger partial charge is 0.258 e. The van der Waals surface area contributed by atoms with Gasteiger partial charge in [-0.25, -0.2) is 4.98 Å². The second-order valence-corrected chi connectivity index (χ2v) is 4.29. The summed E-state index contributed by atoms with van der Waals surface area (Å²) >= 11 is 0. The lowest BCUT2D eigenvalue weighted by atomic mass is 10.4. The molecule has 0 fully saturated rings. The van der Waals surface area contributed by atoms with E-state index in [0.717, 1.165) is 6.54 Å². The van der Waals surface area contributed by atoms with E-state index < -0.39 is 0 Å². The van der Waals surface area contributed by atoms with E-state index in [9.17, 15) is 0 Å². The largest absolute Gasteiger partial charge is 0.396 e. The summed E-state index contributed by atoms with van der Waals surface area (Å²) in [6.45, 7) is 6.26. The third kappa shape index (κ3) is 3.85. The lowest BCUT2D eigenvalue weighted by molar-refractivity contribution is 0.289. The van der Waals surface area contributed by atoms with Gasteiger partial charge in [-0.1, -0.05) is 0 Å². The second-order valence-electron chi connectivity index (χ2n) is 4.29. The summed E-state index contributed by atoms with van der Waals surface area (Å²) < 4.78 is 1.49. The van der Waals surface area contributed by atoms with Crippen molar-refractivity contribution >= 4 is 11.9 Å². The van der Waals surface area contributed by atoms with Crippen LogP contribution in [0.5, 0.6) is 0 Å². The van der Waals surface area contributed by atoms with Gasteiger partial charge in [0.15, 0.2) is 0 Å². The Balaban J connectivity index is 2.34. The zero-order chi connectivity index (χ0) is 15.1. The minimum Gasteiger partial charge on any atom is -0.396 e. The molecule has 0 amide bonds. The molecule has 0 bridgehead atoms. The van der Waals surface area contributed by atoms with E-state index in [1.807, 2.05) is 18.7 Å². The molecule has 0 saturated heterocycles. The van der Waals surface area contributed by atoms with Gasteiger partial charge in [-0.3, -0.25) is 0 Å². The summed E-state index contributed by atoms with van der Waals surface area (Å²) in [7, 11) is 0. The topological polar surface area (TPSA) is 105 Å². The van der Waals surface area contributed by atoms with Crippen molar-refractivity contribution in [3.8, 4) is 5.95 Å². The van der Waals surface area contributed by atoms with E-state index in [-0.39, 0.29) is 6.61 Å². The number of hydrogen-bond acceptors (Lipinski definition) is 8. The Bertz CT molecular complexity index is 544. The minimum atomic E-state index is 0.136. The van der Waals surface area contributed by atoms with Crippen LogP contribution in [-0.4, -0.2) is 61.1 Å². The number of rotatable bonds is 8. The molecule has 0 aliphatic carbocycles. The Morgan fingerprint density at radius 2 is 2.14 bits per heavy atom. The highest BCUT2D eigenvalue weighted by Crippen LogP contribution is 2.13. The average molecular weight is 292 g/mol. The maximum atomic E-state index is 8.99. The normalized spacial score (nSPS) is 10.6. The van der Waals surface area contributed by atoms with Gasteiger partial charge in [0.25, 0.3) is 5.95 Å². The van der Waals surface area contributed by atoms with E-state index in [1.54, 1.807) is 6.33 Å².